The highest BCUT2D eigenvalue weighted by Crippen LogP contribution is 2.31. The highest BCUT2D eigenvalue weighted by atomic mass is 32.2. The molecule has 0 unspecified atom stereocenters. The minimum absolute atomic E-state index is 0.0270. The second kappa shape index (κ2) is 9.58. The fraction of sp³-hybridized carbons (Fsp3) is 0.435. The van der Waals surface area contributed by atoms with Crippen molar-refractivity contribution in [3.8, 4) is 5.75 Å². The molecule has 2 atom stereocenters. The van der Waals surface area contributed by atoms with Crippen LogP contribution in [0.15, 0.2) is 53.4 Å². The molecular formula is C23H30N2O6S. The first kappa shape index (κ1) is 24.2. The number of sulfonamides is 1. The third kappa shape index (κ3) is 5.29. The Bertz CT molecular complexity index is 1050. The average molecular weight is 463 g/mol. The molecule has 32 heavy (non-hydrogen) atoms. The Morgan fingerprint density at radius 2 is 1.88 bits per heavy atom. The van der Waals surface area contributed by atoms with Gasteiger partial charge in [-0.2, -0.15) is 4.31 Å². The van der Waals surface area contributed by atoms with E-state index in [1.54, 1.807) is 12.1 Å². The van der Waals surface area contributed by atoms with Crippen molar-refractivity contribution in [1.82, 2.24) is 9.79 Å². The lowest BCUT2D eigenvalue weighted by molar-refractivity contribution is -0.136. The molecule has 1 aliphatic heterocycles. The number of piperidine rings is 1. The van der Waals surface area contributed by atoms with Gasteiger partial charge in [0, 0.05) is 6.54 Å². The van der Waals surface area contributed by atoms with Gasteiger partial charge in [0.1, 0.15) is 18.4 Å². The predicted octanol–water partition coefficient (Wildman–Crippen LogP) is 2.80. The lowest BCUT2D eigenvalue weighted by Crippen LogP contribution is -2.58. The third-order valence-electron chi connectivity index (χ3n) is 5.72. The first-order chi connectivity index (χ1) is 15.0. The van der Waals surface area contributed by atoms with Crippen LogP contribution in [0.1, 0.15) is 50.7 Å². The molecule has 3 N–H and O–H groups in total. The Kier molecular flexibility index (Phi) is 7.24. The Morgan fingerprint density at radius 1 is 1.22 bits per heavy atom. The topological polar surface area (TPSA) is 116 Å². The monoisotopic (exact) mass is 462 g/mol. The van der Waals surface area contributed by atoms with Crippen LogP contribution in [-0.4, -0.2) is 47.1 Å². The fourth-order valence-electron chi connectivity index (χ4n) is 3.94. The van der Waals surface area contributed by atoms with Crippen LogP contribution in [-0.2, 0) is 21.4 Å². The van der Waals surface area contributed by atoms with Gasteiger partial charge < -0.3 is 9.84 Å². The summed E-state index contributed by atoms with van der Waals surface area (Å²) in [7, 11) is -4.09. The van der Waals surface area contributed by atoms with Crippen LogP contribution >= 0.6 is 0 Å². The lowest BCUT2D eigenvalue weighted by Gasteiger charge is -2.40. The first-order valence-corrected chi connectivity index (χ1v) is 12.0. The smallest absolute Gasteiger partial charge is 0.261 e. The Morgan fingerprint density at radius 3 is 2.50 bits per heavy atom. The van der Waals surface area contributed by atoms with Crippen molar-refractivity contribution in [1.29, 1.82) is 0 Å². The first-order valence-electron chi connectivity index (χ1n) is 10.5. The maximum Gasteiger partial charge on any atom is 0.261 e. The summed E-state index contributed by atoms with van der Waals surface area (Å²) >= 11 is 0. The molecule has 0 radical (unpaired) electrons. The highest BCUT2D eigenvalue weighted by Gasteiger charge is 2.44. The molecule has 1 aliphatic rings. The standard InChI is InChI=1S/C23H30N2O6S/c1-16(2)20-7-5-4-6-17(20)14-31-18-8-10-19(11-9-18)32(29,30)25-15-23(3,27)13-12-21(25)22(26)24-28/h4-11,16,21,27-28H,12-15H2,1-3H3,(H,24,26)/t21-,23-/m1/s1. The minimum Gasteiger partial charge on any atom is -0.489 e. The van der Waals surface area contributed by atoms with Gasteiger partial charge in [0.05, 0.1) is 10.5 Å². The zero-order valence-electron chi connectivity index (χ0n) is 18.5. The van der Waals surface area contributed by atoms with Crippen molar-refractivity contribution in [2.75, 3.05) is 6.54 Å². The molecule has 9 heteroatoms. The van der Waals surface area contributed by atoms with Gasteiger partial charge >= 0.3 is 0 Å². The van der Waals surface area contributed by atoms with Crippen LogP contribution in [0.2, 0.25) is 0 Å². The van der Waals surface area contributed by atoms with Crippen molar-refractivity contribution in [2.45, 2.75) is 62.7 Å². The number of aliphatic hydroxyl groups is 1. The van der Waals surface area contributed by atoms with E-state index in [9.17, 15) is 18.3 Å². The number of rotatable bonds is 7. The maximum atomic E-state index is 13.2. The van der Waals surface area contributed by atoms with E-state index >= 15 is 0 Å². The number of hydrogen-bond acceptors (Lipinski definition) is 6. The van der Waals surface area contributed by atoms with Crippen molar-refractivity contribution >= 4 is 15.9 Å². The van der Waals surface area contributed by atoms with Crippen LogP contribution < -0.4 is 10.2 Å². The number of nitrogens with zero attached hydrogens (tertiary/aromatic N) is 1. The molecule has 1 fully saturated rings. The van der Waals surface area contributed by atoms with Crippen LogP contribution in [0, 0.1) is 0 Å². The van der Waals surface area contributed by atoms with Crippen LogP contribution in [0.3, 0.4) is 0 Å². The van der Waals surface area contributed by atoms with Gasteiger partial charge in [0.25, 0.3) is 5.91 Å². The van der Waals surface area contributed by atoms with Crippen molar-refractivity contribution in [3.63, 3.8) is 0 Å². The van der Waals surface area contributed by atoms with E-state index in [0.29, 0.717) is 18.3 Å². The molecule has 2 aromatic rings. The van der Waals surface area contributed by atoms with E-state index in [1.165, 1.54) is 30.1 Å². The Hall–Kier alpha value is -2.46. The second-order valence-electron chi connectivity index (χ2n) is 8.69. The van der Waals surface area contributed by atoms with Crippen LogP contribution in [0.4, 0.5) is 0 Å². The van der Waals surface area contributed by atoms with E-state index in [4.69, 9.17) is 9.94 Å². The summed E-state index contributed by atoms with van der Waals surface area (Å²) in [5.74, 6) is 0.0405. The van der Waals surface area contributed by atoms with Gasteiger partial charge in [0.15, 0.2) is 0 Å². The SMILES string of the molecule is CC(C)c1ccccc1COc1ccc(S(=O)(=O)N2C[C@](C)(O)CC[C@@H]2C(=O)NO)cc1. The fourth-order valence-corrected chi connectivity index (χ4v) is 5.67. The van der Waals surface area contributed by atoms with E-state index in [2.05, 4.69) is 19.9 Å². The minimum atomic E-state index is -4.09. The van der Waals surface area contributed by atoms with Crippen molar-refractivity contribution in [2.24, 2.45) is 0 Å². The summed E-state index contributed by atoms with van der Waals surface area (Å²) in [4.78, 5) is 12.0. The number of carbonyl (C=O) groups excluding carboxylic acids is 1. The van der Waals surface area contributed by atoms with E-state index in [1.807, 2.05) is 18.2 Å². The average Bonchev–Trinajstić information content (AvgIpc) is 2.77. The number of carbonyl (C=O) groups is 1. The Balaban J connectivity index is 1.79. The number of hydroxylamine groups is 1. The largest absolute Gasteiger partial charge is 0.489 e. The van der Waals surface area contributed by atoms with E-state index in [0.717, 1.165) is 9.87 Å². The molecule has 2 aromatic carbocycles. The number of benzene rings is 2. The highest BCUT2D eigenvalue weighted by molar-refractivity contribution is 7.89. The molecule has 0 saturated carbocycles. The van der Waals surface area contributed by atoms with Gasteiger partial charge in [-0.25, -0.2) is 13.9 Å². The molecule has 0 spiro atoms. The summed E-state index contributed by atoms with van der Waals surface area (Å²) in [6.45, 7) is 5.85. The molecule has 0 bridgehead atoms. The number of nitrogens with one attached hydrogen (secondary N) is 1. The second-order valence-corrected chi connectivity index (χ2v) is 10.6. The number of hydrogen-bond donors (Lipinski definition) is 3. The molecule has 174 valence electrons. The van der Waals surface area contributed by atoms with Crippen LogP contribution in [0.5, 0.6) is 5.75 Å². The van der Waals surface area contributed by atoms with E-state index < -0.39 is 27.6 Å². The molecule has 3 rings (SSSR count). The van der Waals surface area contributed by atoms with Crippen LogP contribution in [0.25, 0.3) is 0 Å². The van der Waals surface area contributed by atoms with Gasteiger partial charge in [-0.1, -0.05) is 38.1 Å². The van der Waals surface area contributed by atoms with Gasteiger partial charge in [0.2, 0.25) is 10.0 Å². The van der Waals surface area contributed by atoms with Gasteiger partial charge in [-0.15, -0.1) is 0 Å². The van der Waals surface area contributed by atoms with E-state index in [-0.39, 0.29) is 24.3 Å². The Labute approximate surface area is 188 Å². The maximum absolute atomic E-state index is 13.2. The summed E-state index contributed by atoms with van der Waals surface area (Å²) < 4.78 is 33.3. The summed E-state index contributed by atoms with van der Waals surface area (Å²) in [6, 6.07) is 12.9. The predicted molar refractivity (Wildman–Crippen MR) is 119 cm³/mol. The molecule has 1 saturated heterocycles. The quantitative estimate of drug-likeness (QED) is 0.430. The zero-order chi connectivity index (χ0) is 23.5. The molecule has 0 aromatic heterocycles. The van der Waals surface area contributed by atoms with Gasteiger partial charge in [-0.3, -0.25) is 10.0 Å². The number of β-amino-alcohol motifs (C(OH)–C–C–N with tert-alkyl or cyclic N) is 1. The molecule has 1 amide bonds. The zero-order valence-corrected chi connectivity index (χ0v) is 19.3. The molecule has 0 aliphatic carbocycles. The van der Waals surface area contributed by atoms with Gasteiger partial charge in [-0.05, 0) is 61.1 Å². The van der Waals surface area contributed by atoms with Crippen molar-refractivity contribution in [3.05, 3.63) is 59.7 Å². The summed E-state index contributed by atoms with van der Waals surface area (Å²) in [5, 5.41) is 19.4. The number of ether oxygens (including phenoxy) is 1. The summed E-state index contributed by atoms with van der Waals surface area (Å²) in [6.07, 6.45) is 0.330. The summed E-state index contributed by atoms with van der Waals surface area (Å²) in [5.41, 5.74) is 2.51. The van der Waals surface area contributed by atoms with Crippen molar-refractivity contribution < 1.29 is 28.3 Å². The lowest BCUT2D eigenvalue weighted by atomic mass is 9.92. The molecule has 1 heterocycles. The third-order valence-corrected chi connectivity index (χ3v) is 7.58. The normalized spacial score (nSPS) is 22.0. The molecule has 8 nitrogen and oxygen atoms in total. The molecular weight excluding hydrogens is 432 g/mol. The number of amides is 1.